The van der Waals surface area contributed by atoms with Crippen LogP contribution in [0.4, 0.5) is 5.82 Å². The first kappa shape index (κ1) is 15.7. The Morgan fingerprint density at radius 2 is 1.91 bits per heavy atom. The molecule has 7 heteroatoms. The third kappa shape index (κ3) is 4.16. The second-order valence-electron chi connectivity index (χ2n) is 4.65. The van der Waals surface area contributed by atoms with Gasteiger partial charge in [-0.1, -0.05) is 0 Å². The third-order valence-corrected chi connectivity index (χ3v) is 3.01. The van der Waals surface area contributed by atoms with Crippen molar-refractivity contribution in [3.05, 3.63) is 47.7 Å². The predicted molar refractivity (Wildman–Crippen MR) is 80.1 cm³/mol. The molecule has 2 N–H and O–H groups in total. The van der Waals surface area contributed by atoms with Crippen molar-refractivity contribution in [2.45, 2.75) is 13.0 Å². The lowest BCUT2D eigenvalue weighted by Crippen LogP contribution is -2.13. The van der Waals surface area contributed by atoms with Crippen LogP contribution < -0.4 is 5.32 Å². The molecule has 0 aliphatic carbocycles. The topological polar surface area (TPSA) is 93.5 Å². The molecule has 7 nitrogen and oxygen atoms in total. The van der Waals surface area contributed by atoms with Crippen molar-refractivity contribution in [3.63, 3.8) is 0 Å². The first-order valence-electron chi connectivity index (χ1n) is 6.77. The second-order valence-corrected chi connectivity index (χ2v) is 4.65. The number of ether oxygens (including phenoxy) is 1. The van der Waals surface area contributed by atoms with E-state index in [4.69, 9.17) is 9.84 Å². The van der Waals surface area contributed by atoms with E-state index in [0.717, 1.165) is 6.42 Å². The zero-order valence-electron chi connectivity index (χ0n) is 12.2. The molecular weight excluding hydrogens is 286 g/mol. The number of nitrogens with one attached hydrogen (secondary N) is 1. The highest BCUT2D eigenvalue weighted by atomic mass is 16.5. The van der Waals surface area contributed by atoms with E-state index in [1.807, 2.05) is 0 Å². The largest absolute Gasteiger partial charge is 0.478 e. The number of rotatable bonds is 7. The number of nitrogens with zero attached hydrogens (tertiary/aromatic N) is 2. The zero-order chi connectivity index (χ0) is 15.9. The number of methoxy groups -OCH3 is 1. The van der Waals surface area contributed by atoms with Gasteiger partial charge in [0.1, 0.15) is 0 Å². The number of hydrogen-bond donors (Lipinski definition) is 2. The summed E-state index contributed by atoms with van der Waals surface area (Å²) in [4.78, 5) is 22.8. The molecule has 0 unspecified atom stereocenters. The number of aromatic nitrogens is 2. The first-order chi connectivity index (χ1) is 10.6. The van der Waals surface area contributed by atoms with E-state index in [1.165, 1.54) is 24.3 Å². The van der Waals surface area contributed by atoms with Gasteiger partial charge >= 0.3 is 5.97 Å². The van der Waals surface area contributed by atoms with Crippen molar-refractivity contribution in [2.24, 2.45) is 0 Å². The van der Waals surface area contributed by atoms with Gasteiger partial charge in [-0.05, 0) is 30.7 Å². The molecule has 0 fully saturated rings. The highest BCUT2D eigenvalue weighted by Gasteiger charge is 2.09. The fraction of sp³-hybridized carbons (Fsp3) is 0.267. The lowest BCUT2D eigenvalue weighted by Gasteiger charge is -2.03. The molecule has 1 aromatic heterocycles. The number of benzene rings is 1. The molecule has 0 radical (unpaired) electrons. The van der Waals surface area contributed by atoms with Crippen LogP contribution in [0.5, 0.6) is 0 Å². The van der Waals surface area contributed by atoms with Crippen molar-refractivity contribution in [3.8, 4) is 0 Å². The van der Waals surface area contributed by atoms with Gasteiger partial charge in [0.15, 0.2) is 5.82 Å². The SMILES string of the molecule is COCCCn1ccc(NC(=O)c2ccc(C(=O)O)cc2)n1. The van der Waals surface area contributed by atoms with Crippen molar-refractivity contribution in [1.82, 2.24) is 9.78 Å². The molecule has 0 bridgehead atoms. The molecule has 1 aromatic carbocycles. The van der Waals surface area contributed by atoms with Gasteiger partial charge in [0, 0.05) is 38.1 Å². The van der Waals surface area contributed by atoms with E-state index in [2.05, 4.69) is 10.4 Å². The van der Waals surface area contributed by atoms with Crippen LogP contribution in [-0.4, -0.2) is 40.5 Å². The summed E-state index contributed by atoms with van der Waals surface area (Å²) < 4.78 is 6.69. The number of carboxylic acid groups (broad SMARTS) is 1. The Kier molecular flexibility index (Phi) is 5.26. The van der Waals surface area contributed by atoms with E-state index in [-0.39, 0.29) is 11.5 Å². The zero-order valence-corrected chi connectivity index (χ0v) is 12.2. The van der Waals surface area contributed by atoms with Crippen LogP contribution in [0.2, 0.25) is 0 Å². The molecule has 116 valence electrons. The molecule has 0 saturated carbocycles. The van der Waals surface area contributed by atoms with Crippen LogP contribution in [-0.2, 0) is 11.3 Å². The number of carboxylic acids is 1. The predicted octanol–water partition coefficient (Wildman–Crippen LogP) is 1.87. The van der Waals surface area contributed by atoms with Gasteiger partial charge in [-0.25, -0.2) is 4.79 Å². The van der Waals surface area contributed by atoms with Crippen LogP contribution in [0.25, 0.3) is 0 Å². The lowest BCUT2D eigenvalue weighted by molar-refractivity contribution is 0.0696. The Hall–Kier alpha value is -2.67. The van der Waals surface area contributed by atoms with E-state index < -0.39 is 5.97 Å². The van der Waals surface area contributed by atoms with E-state index in [1.54, 1.807) is 24.1 Å². The minimum absolute atomic E-state index is 0.138. The summed E-state index contributed by atoms with van der Waals surface area (Å²) in [6.45, 7) is 1.36. The van der Waals surface area contributed by atoms with Crippen molar-refractivity contribution >= 4 is 17.7 Å². The average molecular weight is 303 g/mol. The Balaban J connectivity index is 1.95. The van der Waals surface area contributed by atoms with Crippen LogP contribution in [0.1, 0.15) is 27.1 Å². The molecule has 0 aliphatic heterocycles. The molecule has 0 spiro atoms. The maximum absolute atomic E-state index is 12.0. The van der Waals surface area contributed by atoms with E-state index in [0.29, 0.717) is 24.5 Å². The summed E-state index contributed by atoms with van der Waals surface area (Å²) in [6, 6.07) is 7.42. The Bertz CT molecular complexity index is 649. The quantitative estimate of drug-likeness (QED) is 0.762. The number of carbonyl (C=O) groups is 2. The normalized spacial score (nSPS) is 10.4. The van der Waals surface area contributed by atoms with Gasteiger partial charge < -0.3 is 15.2 Å². The molecule has 0 aliphatic rings. The molecule has 1 heterocycles. The highest BCUT2D eigenvalue weighted by Crippen LogP contribution is 2.09. The average Bonchev–Trinajstić information content (AvgIpc) is 2.95. The maximum Gasteiger partial charge on any atom is 0.335 e. The van der Waals surface area contributed by atoms with Gasteiger partial charge in [-0.2, -0.15) is 5.10 Å². The monoisotopic (exact) mass is 303 g/mol. The number of carbonyl (C=O) groups excluding carboxylic acids is 1. The fourth-order valence-corrected chi connectivity index (χ4v) is 1.88. The van der Waals surface area contributed by atoms with Gasteiger partial charge in [0.05, 0.1) is 5.56 Å². The smallest absolute Gasteiger partial charge is 0.335 e. The lowest BCUT2D eigenvalue weighted by atomic mass is 10.1. The van der Waals surface area contributed by atoms with Gasteiger partial charge in [-0.15, -0.1) is 0 Å². The van der Waals surface area contributed by atoms with Crippen LogP contribution >= 0.6 is 0 Å². The summed E-state index contributed by atoms with van der Waals surface area (Å²) in [6.07, 6.45) is 2.61. The van der Waals surface area contributed by atoms with Crippen LogP contribution in [0.3, 0.4) is 0 Å². The van der Waals surface area contributed by atoms with Gasteiger partial charge in [-0.3, -0.25) is 9.48 Å². The molecule has 0 atom stereocenters. The van der Waals surface area contributed by atoms with Crippen molar-refractivity contribution in [1.29, 1.82) is 0 Å². The fourth-order valence-electron chi connectivity index (χ4n) is 1.88. The molecule has 0 saturated heterocycles. The van der Waals surface area contributed by atoms with Crippen LogP contribution in [0, 0.1) is 0 Å². The molecule has 2 aromatic rings. The molecule has 1 amide bonds. The number of aryl methyl sites for hydroxylation is 1. The third-order valence-electron chi connectivity index (χ3n) is 3.01. The minimum atomic E-state index is -1.03. The summed E-state index contributed by atoms with van der Waals surface area (Å²) >= 11 is 0. The molecule has 2 rings (SSSR count). The van der Waals surface area contributed by atoms with E-state index in [9.17, 15) is 9.59 Å². The van der Waals surface area contributed by atoms with Crippen molar-refractivity contribution < 1.29 is 19.4 Å². The summed E-state index contributed by atoms with van der Waals surface area (Å²) in [7, 11) is 1.64. The van der Waals surface area contributed by atoms with Gasteiger partial charge in [0.25, 0.3) is 5.91 Å². The Morgan fingerprint density at radius 3 is 2.55 bits per heavy atom. The van der Waals surface area contributed by atoms with Crippen LogP contribution in [0.15, 0.2) is 36.5 Å². The molecule has 22 heavy (non-hydrogen) atoms. The number of anilines is 1. The Labute approximate surface area is 127 Å². The number of aromatic carboxylic acids is 1. The summed E-state index contributed by atoms with van der Waals surface area (Å²) in [5.74, 6) is -0.912. The molecular formula is C15H17N3O4. The van der Waals surface area contributed by atoms with E-state index >= 15 is 0 Å². The Morgan fingerprint density at radius 1 is 1.23 bits per heavy atom. The van der Waals surface area contributed by atoms with Crippen molar-refractivity contribution in [2.75, 3.05) is 19.0 Å². The first-order valence-corrected chi connectivity index (χ1v) is 6.77. The summed E-state index contributed by atoms with van der Waals surface area (Å²) in [5, 5.41) is 15.7. The highest BCUT2D eigenvalue weighted by molar-refractivity contribution is 6.04. The second kappa shape index (κ2) is 7.37. The number of amides is 1. The number of hydrogen-bond acceptors (Lipinski definition) is 4. The van der Waals surface area contributed by atoms with Gasteiger partial charge in [0.2, 0.25) is 0 Å². The maximum atomic E-state index is 12.0. The summed E-state index contributed by atoms with van der Waals surface area (Å²) in [5.41, 5.74) is 0.512. The standard InChI is InChI=1S/C15H17N3O4/c1-22-10-2-8-18-9-7-13(17-18)16-14(19)11-3-5-12(6-4-11)15(20)21/h3-7,9H,2,8,10H2,1H3,(H,20,21)(H,16,17,19). The minimum Gasteiger partial charge on any atom is -0.478 e.